The molecule has 0 atom stereocenters. The molecule has 9 N–H and O–H groups in total. The van der Waals surface area contributed by atoms with Gasteiger partial charge in [0.05, 0.1) is 34.0 Å². The number of allylic oxidation sites excluding steroid dienone is 4. The van der Waals surface area contributed by atoms with E-state index in [0.29, 0.717) is 35.4 Å². The number of anilines is 5. The zero-order valence-electron chi connectivity index (χ0n) is 33.8. The van der Waals surface area contributed by atoms with Gasteiger partial charge >= 0.3 is 0 Å². The molecule has 6 rings (SSSR count). The standard InChI is InChI=1S/C40H40N10O11S3/c1-3-50(4-2)19-18-42-28-14-16-30(32(51)22-28)47-44-27-12-10-25(11-13-27)43-31-17-15-29(23-33(31)62(53,54)55)46-48-38-34(63(56,57)58)20-24-21-35(64(59,60)61)39(40(52)36(24)37(38)41)49-45-26-8-6-5-7-9-26/h5-17,20-23,42-45H,3-4,18-19,41H2,1-2H3,(H,53,54,55)(H,56,57,58)(H,59,60,61)/b47-30-,48-46?,49-39+. The smallest absolute Gasteiger partial charge is 0.296 e. The normalized spacial score (nSPS) is 15.7. The fraction of sp³-hybridized carbons (Fsp3) is 0.150. The third-order valence-corrected chi connectivity index (χ3v) is 12.1. The zero-order chi connectivity index (χ0) is 46.4. The number of nitrogen functional groups attached to an aromatic ring is 1. The topological polar surface area (TPSA) is 324 Å². The van der Waals surface area contributed by atoms with Crippen molar-refractivity contribution in [2.24, 2.45) is 20.4 Å². The number of fused-ring (bicyclic) bond motifs is 1. The Labute approximate surface area is 367 Å². The van der Waals surface area contributed by atoms with Crippen LogP contribution in [0.2, 0.25) is 0 Å². The molecule has 0 amide bonds. The van der Waals surface area contributed by atoms with E-state index in [4.69, 9.17) is 5.73 Å². The van der Waals surface area contributed by atoms with E-state index >= 15 is 0 Å². The van der Waals surface area contributed by atoms with Crippen molar-refractivity contribution in [3.05, 3.63) is 119 Å². The number of rotatable bonds is 17. The molecule has 0 bridgehead atoms. The Kier molecular flexibility index (Phi) is 14.0. The molecule has 0 heterocycles. The highest BCUT2D eigenvalue weighted by Gasteiger charge is 2.37. The van der Waals surface area contributed by atoms with Gasteiger partial charge in [-0.25, -0.2) is 0 Å². The number of Topliss-reactive ketones (excluding diaryl/α,β-unsaturated/α-hetero) is 1. The van der Waals surface area contributed by atoms with E-state index in [1.807, 2.05) is 0 Å². The van der Waals surface area contributed by atoms with Gasteiger partial charge in [-0.3, -0.25) is 34.1 Å². The SMILES string of the molecule is CCN(CC)CCNC1=CC(=O)/C(=N\Nc2ccc(Nc3ccc(N=Nc4c(S(=O)(=O)O)cc5c(c4N)C(=O)/C(=N/Nc4ccccc4)C(S(=O)(=O)O)=C5)cc3S(=O)(=O)O)cc2)C=C1. The second kappa shape index (κ2) is 19.2. The maximum Gasteiger partial charge on any atom is 0.296 e. The molecule has 334 valence electrons. The summed E-state index contributed by atoms with van der Waals surface area (Å²) in [7, 11) is -15.3. The van der Waals surface area contributed by atoms with Crippen LogP contribution in [0.4, 0.5) is 39.8 Å². The van der Waals surface area contributed by atoms with Gasteiger partial charge < -0.3 is 21.3 Å². The molecule has 0 saturated heterocycles. The van der Waals surface area contributed by atoms with Crippen LogP contribution in [0.1, 0.15) is 29.8 Å². The van der Waals surface area contributed by atoms with Gasteiger partial charge in [-0.05, 0) is 97.5 Å². The molecule has 0 spiro atoms. The number of nitrogens with one attached hydrogen (secondary N) is 4. The summed E-state index contributed by atoms with van der Waals surface area (Å²) in [4.78, 5) is 25.9. The van der Waals surface area contributed by atoms with Crippen molar-refractivity contribution in [2.45, 2.75) is 23.6 Å². The van der Waals surface area contributed by atoms with Crippen molar-refractivity contribution >= 4 is 99.2 Å². The van der Waals surface area contributed by atoms with Gasteiger partial charge in [-0.15, -0.1) is 5.11 Å². The Hall–Kier alpha value is -6.93. The number of hydrazone groups is 2. The highest BCUT2D eigenvalue weighted by atomic mass is 32.2. The van der Waals surface area contributed by atoms with Gasteiger partial charge in [0.15, 0.2) is 5.71 Å². The molecule has 4 aromatic carbocycles. The van der Waals surface area contributed by atoms with E-state index in [9.17, 15) is 48.5 Å². The number of ketones is 2. The summed E-state index contributed by atoms with van der Waals surface area (Å²) in [5.41, 5.74) is 9.83. The highest BCUT2D eigenvalue weighted by Crippen LogP contribution is 2.41. The molecular weight excluding hydrogens is 893 g/mol. The largest absolute Gasteiger partial charge is 0.396 e. The van der Waals surface area contributed by atoms with Gasteiger partial charge in [0.2, 0.25) is 11.6 Å². The summed E-state index contributed by atoms with van der Waals surface area (Å²) in [5.74, 6) is -1.49. The van der Waals surface area contributed by atoms with E-state index in [-0.39, 0.29) is 22.9 Å². The lowest BCUT2D eigenvalue weighted by molar-refractivity contribution is -0.108. The van der Waals surface area contributed by atoms with E-state index in [1.54, 1.807) is 54.6 Å². The van der Waals surface area contributed by atoms with Crippen molar-refractivity contribution in [1.29, 1.82) is 0 Å². The summed E-state index contributed by atoms with van der Waals surface area (Å²) >= 11 is 0. The maximum absolute atomic E-state index is 13.8. The van der Waals surface area contributed by atoms with Gasteiger partial charge in [-0.1, -0.05) is 32.0 Å². The van der Waals surface area contributed by atoms with E-state index in [0.717, 1.165) is 31.8 Å². The minimum absolute atomic E-state index is 0.122. The van der Waals surface area contributed by atoms with Crippen LogP contribution in [0, 0.1) is 0 Å². The first-order valence-electron chi connectivity index (χ1n) is 19.0. The zero-order valence-corrected chi connectivity index (χ0v) is 36.2. The number of para-hydroxylation sites is 1. The maximum atomic E-state index is 13.8. The first-order valence-corrected chi connectivity index (χ1v) is 23.3. The lowest BCUT2D eigenvalue weighted by atomic mass is 9.92. The Morgan fingerprint density at radius 1 is 0.703 bits per heavy atom. The number of carbonyl (C=O) groups is 2. The van der Waals surface area contributed by atoms with Crippen molar-refractivity contribution in [2.75, 3.05) is 48.1 Å². The third kappa shape index (κ3) is 11.2. The number of azo groups is 1. The molecule has 0 fully saturated rings. The van der Waals surface area contributed by atoms with Crippen LogP contribution in [0.25, 0.3) is 6.08 Å². The summed E-state index contributed by atoms with van der Waals surface area (Å²) in [6, 6.07) is 18.3. The van der Waals surface area contributed by atoms with Crippen LogP contribution in [0.5, 0.6) is 0 Å². The summed E-state index contributed by atoms with van der Waals surface area (Å²) < 4.78 is 105. The molecule has 0 aromatic heterocycles. The number of likely N-dealkylation sites (N-methyl/N-ethyl adjacent to an activating group) is 1. The number of benzene rings is 4. The highest BCUT2D eigenvalue weighted by molar-refractivity contribution is 7.91. The molecule has 0 radical (unpaired) electrons. The van der Waals surface area contributed by atoms with Crippen LogP contribution >= 0.6 is 0 Å². The molecular formula is C40H40N10O11S3. The summed E-state index contributed by atoms with van der Waals surface area (Å²) in [5, 5.41) is 21.8. The molecule has 2 aliphatic rings. The second-order valence-corrected chi connectivity index (χ2v) is 17.9. The fourth-order valence-electron chi connectivity index (χ4n) is 6.25. The molecule has 64 heavy (non-hydrogen) atoms. The molecule has 4 aromatic rings. The van der Waals surface area contributed by atoms with Crippen LogP contribution in [-0.4, -0.2) is 93.0 Å². The molecule has 0 aliphatic heterocycles. The third-order valence-electron chi connectivity index (χ3n) is 9.51. The molecule has 2 aliphatic carbocycles. The Balaban J connectivity index is 1.23. The molecule has 21 nitrogen and oxygen atoms in total. The van der Waals surface area contributed by atoms with Gasteiger partial charge in [-0.2, -0.15) is 40.6 Å². The van der Waals surface area contributed by atoms with Crippen LogP contribution in [0.15, 0.2) is 138 Å². The minimum Gasteiger partial charge on any atom is -0.396 e. The molecule has 0 unspecified atom stereocenters. The fourth-order valence-corrected chi connectivity index (χ4v) is 8.25. The van der Waals surface area contributed by atoms with Crippen molar-refractivity contribution < 1.29 is 48.5 Å². The second-order valence-electron chi connectivity index (χ2n) is 13.7. The predicted octanol–water partition coefficient (Wildman–Crippen LogP) is 5.54. The lowest BCUT2D eigenvalue weighted by Crippen LogP contribution is -2.32. The van der Waals surface area contributed by atoms with Gasteiger partial charge in [0.25, 0.3) is 30.4 Å². The summed E-state index contributed by atoms with van der Waals surface area (Å²) in [6.45, 7) is 7.51. The van der Waals surface area contributed by atoms with E-state index in [2.05, 4.69) is 60.7 Å². The first kappa shape index (κ1) is 46.6. The lowest BCUT2D eigenvalue weighted by Gasteiger charge is -2.20. The molecule has 24 heteroatoms. The number of carbonyl (C=O) groups excluding carboxylic acids is 2. The Bertz CT molecular complexity index is 3040. The van der Waals surface area contributed by atoms with Crippen LogP contribution in [0.3, 0.4) is 0 Å². The quantitative estimate of drug-likeness (QED) is 0.0212. The van der Waals surface area contributed by atoms with Gasteiger partial charge in [0.1, 0.15) is 26.1 Å². The van der Waals surface area contributed by atoms with Crippen LogP contribution in [-0.2, 0) is 35.1 Å². The Morgan fingerprint density at radius 2 is 1.34 bits per heavy atom. The van der Waals surface area contributed by atoms with Crippen molar-refractivity contribution in [3.8, 4) is 0 Å². The predicted molar refractivity (Wildman–Crippen MR) is 241 cm³/mol. The number of nitrogens with two attached hydrogens (primary N) is 1. The monoisotopic (exact) mass is 932 g/mol. The number of hydrogen-bond acceptors (Lipinski definition) is 18. The average Bonchev–Trinajstić information content (AvgIpc) is 3.24. The van der Waals surface area contributed by atoms with Crippen LogP contribution < -0.4 is 27.2 Å². The van der Waals surface area contributed by atoms with Gasteiger partial charge in [0, 0.05) is 30.5 Å². The first-order chi connectivity index (χ1) is 30.3. The summed E-state index contributed by atoms with van der Waals surface area (Å²) in [6.07, 6.45) is 5.52. The average molecular weight is 933 g/mol. The Morgan fingerprint density at radius 3 is 1.97 bits per heavy atom. The number of nitrogens with zero attached hydrogens (tertiary/aromatic N) is 5. The molecule has 0 saturated carbocycles. The minimum atomic E-state index is -5.23. The van der Waals surface area contributed by atoms with Crippen molar-refractivity contribution in [1.82, 2.24) is 10.2 Å². The van der Waals surface area contributed by atoms with Crippen molar-refractivity contribution in [3.63, 3.8) is 0 Å². The number of hydrogen-bond donors (Lipinski definition) is 8. The van der Waals surface area contributed by atoms with E-state index < -0.39 is 79.0 Å². The van der Waals surface area contributed by atoms with E-state index in [1.165, 1.54) is 30.3 Å².